The molecule has 148 valence electrons. The first kappa shape index (κ1) is 21.0. The van der Waals surface area contributed by atoms with E-state index < -0.39 is 0 Å². The number of nitrogens with one attached hydrogen (secondary N) is 2. The smallest absolute Gasteiger partial charge is 0.191 e. The first-order valence-electron chi connectivity index (χ1n) is 9.82. The first-order chi connectivity index (χ1) is 13.2. The molecule has 27 heavy (non-hydrogen) atoms. The normalized spacial score (nSPS) is 11.8. The molecule has 0 atom stereocenters. The van der Waals surface area contributed by atoms with Crippen LogP contribution in [0.1, 0.15) is 38.3 Å². The molecule has 2 aromatic rings. The van der Waals surface area contributed by atoms with Gasteiger partial charge in [-0.1, -0.05) is 38.1 Å². The van der Waals surface area contributed by atoms with Gasteiger partial charge in [-0.05, 0) is 36.5 Å². The van der Waals surface area contributed by atoms with Gasteiger partial charge in [0.05, 0.1) is 13.1 Å². The quantitative estimate of drug-likeness (QED) is 0.362. The molecule has 0 radical (unpaired) electrons. The Morgan fingerprint density at radius 3 is 2.81 bits per heavy atom. The van der Waals surface area contributed by atoms with E-state index in [0.717, 1.165) is 45.2 Å². The number of rotatable bonds is 11. The molecule has 0 unspecified atom stereocenters. The summed E-state index contributed by atoms with van der Waals surface area (Å²) in [6.45, 7) is 11.1. The molecule has 0 fully saturated rings. The highest BCUT2D eigenvalue weighted by Crippen LogP contribution is 2.08. The van der Waals surface area contributed by atoms with Gasteiger partial charge >= 0.3 is 0 Å². The monoisotopic (exact) mass is 371 g/mol. The van der Waals surface area contributed by atoms with Crippen molar-refractivity contribution in [2.24, 2.45) is 10.9 Å². The molecule has 0 saturated heterocycles. The van der Waals surface area contributed by atoms with Crippen molar-refractivity contribution in [2.45, 2.75) is 40.3 Å². The van der Waals surface area contributed by atoms with E-state index in [2.05, 4.69) is 60.8 Å². The molecule has 2 N–H and O–H groups in total. The van der Waals surface area contributed by atoms with Crippen LogP contribution in [0.2, 0.25) is 0 Å². The zero-order chi connectivity index (χ0) is 19.3. The van der Waals surface area contributed by atoms with E-state index >= 15 is 0 Å². The Morgan fingerprint density at radius 2 is 2.07 bits per heavy atom. The fraction of sp³-hybridized carbons (Fsp3) is 0.524. The molecule has 6 heteroatoms. The Labute approximate surface area is 163 Å². The summed E-state index contributed by atoms with van der Waals surface area (Å²) in [5.41, 5.74) is 2.42. The number of hydrogen-bond acceptors (Lipinski definition) is 3. The maximum Gasteiger partial charge on any atom is 0.191 e. The van der Waals surface area contributed by atoms with Crippen molar-refractivity contribution in [2.75, 3.05) is 26.3 Å². The topological polar surface area (TPSA) is 63.5 Å². The number of ether oxygens (including phenoxy) is 1. The molecule has 0 aliphatic heterocycles. The largest absolute Gasteiger partial charge is 0.381 e. The predicted molar refractivity (Wildman–Crippen MR) is 111 cm³/mol. The second-order valence-electron chi connectivity index (χ2n) is 6.97. The minimum absolute atomic E-state index is 0.584. The minimum Gasteiger partial charge on any atom is -0.381 e. The number of hydrogen-bond donors (Lipinski definition) is 2. The molecule has 0 bridgehead atoms. The van der Waals surface area contributed by atoms with Crippen LogP contribution in [0.5, 0.6) is 0 Å². The minimum atomic E-state index is 0.584. The van der Waals surface area contributed by atoms with Crippen LogP contribution in [0.25, 0.3) is 0 Å². The van der Waals surface area contributed by atoms with Gasteiger partial charge in [0.1, 0.15) is 0 Å². The van der Waals surface area contributed by atoms with Crippen LogP contribution in [-0.2, 0) is 17.8 Å². The molecule has 2 rings (SSSR count). The Bertz CT molecular complexity index is 667. The third kappa shape index (κ3) is 8.73. The molecule has 0 amide bonds. The third-order valence-corrected chi connectivity index (χ3v) is 3.87. The Hall–Kier alpha value is -2.34. The number of aliphatic imine (C=N–C) groups is 1. The van der Waals surface area contributed by atoms with Crippen molar-refractivity contribution in [1.82, 2.24) is 20.4 Å². The van der Waals surface area contributed by atoms with E-state index in [1.165, 1.54) is 11.1 Å². The summed E-state index contributed by atoms with van der Waals surface area (Å²) in [5, 5.41) is 10.9. The van der Waals surface area contributed by atoms with Crippen LogP contribution >= 0.6 is 0 Å². The van der Waals surface area contributed by atoms with Crippen molar-refractivity contribution >= 4 is 5.96 Å². The van der Waals surface area contributed by atoms with Crippen molar-refractivity contribution < 1.29 is 4.74 Å². The second kappa shape index (κ2) is 12.1. The lowest BCUT2D eigenvalue weighted by atomic mass is 10.1. The summed E-state index contributed by atoms with van der Waals surface area (Å²) >= 11 is 0. The summed E-state index contributed by atoms with van der Waals surface area (Å²) in [5.74, 6) is 1.43. The summed E-state index contributed by atoms with van der Waals surface area (Å²) in [6, 6.07) is 10.4. The SMILES string of the molecule is CCNC(=NCc1cccc(Cn2cccn2)c1)NCCCOCC(C)C. The van der Waals surface area contributed by atoms with E-state index in [9.17, 15) is 0 Å². The van der Waals surface area contributed by atoms with Gasteiger partial charge in [-0.25, -0.2) is 4.99 Å². The first-order valence-corrected chi connectivity index (χ1v) is 9.82. The molecular weight excluding hydrogens is 338 g/mol. The molecule has 0 aliphatic carbocycles. The average molecular weight is 372 g/mol. The van der Waals surface area contributed by atoms with Crippen LogP contribution in [0.15, 0.2) is 47.7 Å². The fourth-order valence-corrected chi connectivity index (χ4v) is 2.62. The van der Waals surface area contributed by atoms with E-state index in [1.807, 2.05) is 16.9 Å². The molecule has 1 heterocycles. The molecular formula is C21H33N5O. The van der Waals surface area contributed by atoms with Crippen LogP contribution in [0, 0.1) is 5.92 Å². The van der Waals surface area contributed by atoms with Crippen LogP contribution in [0.4, 0.5) is 0 Å². The Morgan fingerprint density at radius 1 is 1.22 bits per heavy atom. The third-order valence-electron chi connectivity index (χ3n) is 3.87. The summed E-state index contributed by atoms with van der Waals surface area (Å²) in [7, 11) is 0. The highest BCUT2D eigenvalue weighted by Gasteiger charge is 2.00. The number of guanidine groups is 1. The highest BCUT2D eigenvalue weighted by atomic mass is 16.5. The summed E-state index contributed by atoms with van der Waals surface area (Å²) in [4.78, 5) is 4.70. The highest BCUT2D eigenvalue weighted by molar-refractivity contribution is 5.79. The molecule has 0 aliphatic rings. The maximum absolute atomic E-state index is 5.61. The van der Waals surface area contributed by atoms with Crippen LogP contribution in [0.3, 0.4) is 0 Å². The maximum atomic E-state index is 5.61. The van der Waals surface area contributed by atoms with Gasteiger partial charge in [0.15, 0.2) is 5.96 Å². The lowest BCUT2D eigenvalue weighted by molar-refractivity contribution is 0.108. The number of nitrogens with zero attached hydrogens (tertiary/aromatic N) is 3. The van der Waals surface area contributed by atoms with Crippen LogP contribution in [-0.4, -0.2) is 42.0 Å². The van der Waals surface area contributed by atoms with E-state index in [1.54, 1.807) is 6.20 Å². The molecule has 0 spiro atoms. The van der Waals surface area contributed by atoms with Gasteiger partial charge in [0, 0.05) is 38.7 Å². The van der Waals surface area contributed by atoms with E-state index in [0.29, 0.717) is 12.5 Å². The summed E-state index contributed by atoms with van der Waals surface area (Å²) in [6.07, 6.45) is 4.75. The average Bonchev–Trinajstić information content (AvgIpc) is 3.15. The van der Waals surface area contributed by atoms with E-state index in [-0.39, 0.29) is 0 Å². The number of benzene rings is 1. The van der Waals surface area contributed by atoms with Gasteiger partial charge in [-0.15, -0.1) is 0 Å². The van der Waals surface area contributed by atoms with Gasteiger partial charge in [0.2, 0.25) is 0 Å². The van der Waals surface area contributed by atoms with Gasteiger partial charge in [-0.3, -0.25) is 4.68 Å². The molecule has 1 aromatic heterocycles. The molecule has 6 nitrogen and oxygen atoms in total. The van der Waals surface area contributed by atoms with Crippen molar-refractivity contribution in [3.05, 3.63) is 53.9 Å². The fourth-order valence-electron chi connectivity index (χ4n) is 2.62. The zero-order valence-corrected chi connectivity index (χ0v) is 16.8. The van der Waals surface area contributed by atoms with Crippen molar-refractivity contribution in [3.8, 4) is 0 Å². The Balaban J connectivity index is 1.81. The number of aromatic nitrogens is 2. The van der Waals surface area contributed by atoms with Crippen LogP contribution < -0.4 is 10.6 Å². The molecule has 1 aromatic carbocycles. The standard InChI is InChI=1S/C21H33N5O/c1-4-22-21(23-10-7-13-27-17-18(2)3)24-15-19-8-5-9-20(14-19)16-26-12-6-11-25-26/h5-6,8-9,11-12,14,18H,4,7,10,13,15-17H2,1-3H3,(H2,22,23,24). The second-order valence-corrected chi connectivity index (χ2v) is 6.97. The lowest BCUT2D eigenvalue weighted by Gasteiger charge is -2.12. The summed E-state index contributed by atoms with van der Waals surface area (Å²) < 4.78 is 7.54. The van der Waals surface area contributed by atoms with Crippen molar-refractivity contribution in [1.29, 1.82) is 0 Å². The Kier molecular flexibility index (Phi) is 9.41. The zero-order valence-electron chi connectivity index (χ0n) is 16.8. The van der Waals surface area contributed by atoms with Gasteiger partial charge in [0.25, 0.3) is 0 Å². The van der Waals surface area contributed by atoms with Gasteiger partial charge < -0.3 is 15.4 Å². The molecule has 0 saturated carbocycles. The van der Waals surface area contributed by atoms with Crippen molar-refractivity contribution in [3.63, 3.8) is 0 Å². The predicted octanol–water partition coefficient (Wildman–Crippen LogP) is 3.05. The lowest BCUT2D eigenvalue weighted by Crippen LogP contribution is -2.38. The van der Waals surface area contributed by atoms with Gasteiger partial charge in [-0.2, -0.15) is 5.10 Å². The van der Waals surface area contributed by atoms with E-state index in [4.69, 9.17) is 9.73 Å².